The number of hydrogen-bond acceptors (Lipinski definition) is 8. The fraction of sp³-hybridized carbons (Fsp3) is 0.300. The molecule has 1 saturated heterocycles. The van der Waals surface area contributed by atoms with Crippen molar-refractivity contribution >= 4 is 34.9 Å². The maximum Gasteiger partial charge on any atom is 0.266 e. The summed E-state index contributed by atoms with van der Waals surface area (Å²) in [5.74, 6) is -0.0590. The Kier molecular flexibility index (Phi) is 9.28. The molecule has 0 atom stereocenters. The van der Waals surface area contributed by atoms with Gasteiger partial charge in [0, 0.05) is 49.5 Å². The van der Waals surface area contributed by atoms with Gasteiger partial charge in [-0.1, -0.05) is 17.2 Å². The lowest BCUT2D eigenvalue weighted by atomic mass is 10.0. The van der Waals surface area contributed by atoms with E-state index in [1.54, 1.807) is 35.4 Å². The zero-order valence-electron chi connectivity index (χ0n) is 23.7. The highest BCUT2D eigenvalue weighted by atomic mass is 35.5. The van der Waals surface area contributed by atoms with E-state index < -0.39 is 12.0 Å². The van der Waals surface area contributed by atoms with Gasteiger partial charge < -0.3 is 15.0 Å². The molecular weight excluding hydrogens is 598 g/mol. The normalized spacial score (nSPS) is 13.3. The highest BCUT2D eigenvalue weighted by molar-refractivity contribution is 7.13. The number of alkyl halides is 2. The summed E-state index contributed by atoms with van der Waals surface area (Å²) in [4.78, 5) is 43.3. The van der Waals surface area contributed by atoms with E-state index in [1.165, 1.54) is 34.2 Å². The number of piperazine rings is 1. The Morgan fingerprint density at radius 2 is 1.93 bits per heavy atom. The highest BCUT2D eigenvalue weighted by Crippen LogP contribution is 2.32. The average molecular weight is 627 g/mol. The van der Waals surface area contributed by atoms with Gasteiger partial charge in [-0.05, 0) is 51.1 Å². The van der Waals surface area contributed by atoms with Gasteiger partial charge in [-0.2, -0.15) is 0 Å². The lowest BCUT2D eigenvalue weighted by Crippen LogP contribution is -2.47. The Morgan fingerprint density at radius 1 is 1.16 bits per heavy atom. The molecule has 1 N–H and O–H groups in total. The first-order chi connectivity index (χ1) is 20.7. The van der Waals surface area contributed by atoms with Gasteiger partial charge in [-0.3, -0.25) is 19.1 Å². The van der Waals surface area contributed by atoms with Crippen LogP contribution in [0.15, 0.2) is 52.4 Å². The molecule has 0 aromatic carbocycles. The smallest absolute Gasteiger partial charge is 0.266 e. The molecule has 1 aliphatic heterocycles. The predicted octanol–water partition coefficient (Wildman–Crippen LogP) is 5.88. The molecule has 1 aliphatic rings. The molecule has 43 heavy (non-hydrogen) atoms. The van der Waals surface area contributed by atoms with Crippen LogP contribution in [0.2, 0.25) is 5.02 Å². The molecule has 5 heterocycles. The first kappa shape index (κ1) is 30.5. The summed E-state index contributed by atoms with van der Waals surface area (Å²) < 4.78 is 33.3. The Bertz CT molecular complexity index is 1730. The number of rotatable bonds is 8. The van der Waals surface area contributed by atoms with E-state index in [1.807, 2.05) is 13.8 Å². The van der Waals surface area contributed by atoms with E-state index in [-0.39, 0.29) is 40.2 Å². The molecule has 1 fully saturated rings. The number of thiazole rings is 1. The number of carbonyl (C=O) groups excluding carboxylic acids is 1. The molecule has 4 aromatic heterocycles. The van der Waals surface area contributed by atoms with Gasteiger partial charge in [-0.15, -0.1) is 11.3 Å². The van der Waals surface area contributed by atoms with Crippen LogP contribution in [0.4, 0.5) is 8.78 Å². The summed E-state index contributed by atoms with van der Waals surface area (Å²) in [6.07, 6.45) is 1.67. The minimum atomic E-state index is -2.64. The van der Waals surface area contributed by atoms with E-state index >= 15 is 0 Å². The number of allylic oxidation sites excluding steroid dienone is 1. The van der Waals surface area contributed by atoms with Crippen molar-refractivity contribution in [1.29, 1.82) is 0 Å². The third kappa shape index (κ3) is 6.51. The minimum absolute atomic E-state index is 0.173. The third-order valence-electron chi connectivity index (χ3n) is 6.66. The fourth-order valence-electron chi connectivity index (χ4n) is 4.67. The highest BCUT2D eigenvalue weighted by Gasteiger charge is 2.27. The van der Waals surface area contributed by atoms with Crippen LogP contribution in [0.3, 0.4) is 0 Å². The van der Waals surface area contributed by atoms with E-state index in [2.05, 4.69) is 20.3 Å². The number of hydrogen-bond donors (Lipinski definition) is 1. The molecule has 0 saturated carbocycles. The number of nitrogens with one attached hydrogen (secondary N) is 1. The van der Waals surface area contributed by atoms with Gasteiger partial charge in [0.1, 0.15) is 16.4 Å². The Hall–Kier alpha value is -4.00. The largest absolute Gasteiger partial charge is 0.476 e. The van der Waals surface area contributed by atoms with Crippen molar-refractivity contribution in [2.75, 3.05) is 32.8 Å². The summed E-state index contributed by atoms with van der Waals surface area (Å²) in [6, 6.07) is 5.90. The Balaban J connectivity index is 1.76. The van der Waals surface area contributed by atoms with Crippen LogP contribution < -0.4 is 15.6 Å². The Morgan fingerprint density at radius 3 is 2.58 bits per heavy atom. The number of carbonyl (C=O) groups is 1. The molecule has 0 aliphatic carbocycles. The zero-order valence-corrected chi connectivity index (χ0v) is 25.3. The SMILES string of the molecule is CCOc1ncc(Cl)cc1-n1c(C=C(C)C)c(C(=O)N2CCNCC2)cc(-c2nc(-c3ccc(C(F)F)cn3)cs2)c1=O. The van der Waals surface area contributed by atoms with Crippen molar-refractivity contribution in [3.8, 4) is 33.5 Å². The van der Waals surface area contributed by atoms with Crippen LogP contribution in [-0.4, -0.2) is 63.1 Å². The van der Waals surface area contributed by atoms with Gasteiger partial charge in [0.25, 0.3) is 17.9 Å². The molecule has 4 aromatic rings. The lowest BCUT2D eigenvalue weighted by molar-refractivity contribution is 0.0735. The molecule has 13 heteroatoms. The molecule has 0 unspecified atom stereocenters. The molecule has 0 spiro atoms. The summed E-state index contributed by atoms with van der Waals surface area (Å²) in [7, 11) is 0. The molecule has 0 radical (unpaired) electrons. The average Bonchev–Trinajstić information content (AvgIpc) is 3.48. The van der Waals surface area contributed by atoms with Crippen LogP contribution in [0.1, 0.15) is 48.8 Å². The maximum absolute atomic E-state index is 14.4. The van der Waals surface area contributed by atoms with Crippen molar-refractivity contribution < 1.29 is 18.3 Å². The second-order valence-corrected chi connectivity index (χ2v) is 11.3. The number of amides is 1. The van der Waals surface area contributed by atoms with E-state index in [0.717, 1.165) is 11.8 Å². The van der Waals surface area contributed by atoms with Crippen molar-refractivity contribution in [3.05, 3.63) is 79.8 Å². The molecular formula is C30H29ClF2N6O3S. The van der Waals surface area contributed by atoms with Crippen molar-refractivity contribution in [2.45, 2.75) is 27.2 Å². The van der Waals surface area contributed by atoms with Gasteiger partial charge >= 0.3 is 0 Å². The molecule has 0 bridgehead atoms. The quantitative estimate of drug-likeness (QED) is 0.261. The van der Waals surface area contributed by atoms with Crippen LogP contribution in [0, 0.1) is 0 Å². The van der Waals surface area contributed by atoms with Crippen molar-refractivity contribution in [3.63, 3.8) is 0 Å². The topological polar surface area (TPSA) is 102 Å². The van der Waals surface area contributed by atoms with Gasteiger partial charge in [-0.25, -0.2) is 18.7 Å². The first-order valence-corrected chi connectivity index (χ1v) is 14.9. The lowest BCUT2D eigenvalue weighted by Gasteiger charge is -2.29. The first-order valence-electron chi connectivity index (χ1n) is 13.6. The summed E-state index contributed by atoms with van der Waals surface area (Å²) in [5.41, 5.74) is 2.11. The third-order valence-corrected chi connectivity index (χ3v) is 7.74. The summed E-state index contributed by atoms with van der Waals surface area (Å²) in [5, 5.41) is 5.56. The number of aromatic nitrogens is 4. The van der Waals surface area contributed by atoms with Crippen LogP contribution in [0.25, 0.3) is 33.7 Å². The minimum Gasteiger partial charge on any atom is -0.476 e. The van der Waals surface area contributed by atoms with Crippen molar-refractivity contribution in [2.24, 2.45) is 0 Å². The fourth-order valence-corrected chi connectivity index (χ4v) is 5.65. The summed E-state index contributed by atoms with van der Waals surface area (Å²) >= 11 is 7.55. The summed E-state index contributed by atoms with van der Waals surface area (Å²) in [6.45, 7) is 8.15. The van der Waals surface area contributed by atoms with Crippen LogP contribution in [-0.2, 0) is 0 Å². The zero-order chi connectivity index (χ0) is 30.7. The molecule has 1 amide bonds. The molecule has 9 nitrogen and oxygen atoms in total. The maximum atomic E-state index is 14.4. The van der Waals surface area contributed by atoms with E-state index in [9.17, 15) is 18.4 Å². The number of ether oxygens (including phenoxy) is 1. The number of halogens is 3. The Labute approximate surface area is 255 Å². The second kappa shape index (κ2) is 13.1. The number of pyridine rings is 3. The van der Waals surface area contributed by atoms with E-state index in [0.29, 0.717) is 53.8 Å². The number of nitrogens with zero attached hydrogens (tertiary/aromatic N) is 5. The standard InChI is InChI=1S/C30H29ClF2N6O3S/c1-4-42-27-25(12-19(31)15-36-27)39-24(11-17(2)3)20(29(40)38-9-7-34-8-10-38)13-21(30(39)41)28-37-23(16-43-28)22-6-5-18(14-35-22)26(32)33/h5-6,11-16,26,34H,4,7-10H2,1-3H3. The van der Waals surface area contributed by atoms with Gasteiger partial charge in [0.15, 0.2) is 0 Å². The second-order valence-electron chi connectivity index (χ2n) is 9.99. The monoisotopic (exact) mass is 626 g/mol. The molecule has 5 rings (SSSR count). The van der Waals surface area contributed by atoms with Gasteiger partial charge in [0.05, 0.1) is 34.1 Å². The van der Waals surface area contributed by atoms with Crippen LogP contribution >= 0.6 is 22.9 Å². The predicted molar refractivity (Wildman–Crippen MR) is 163 cm³/mol. The van der Waals surface area contributed by atoms with E-state index in [4.69, 9.17) is 16.3 Å². The van der Waals surface area contributed by atoms with Gasteiger partial charge in [0.2, 0.25) is 5.88 Å². The molecule has 224 valence electrons. The van der Waals surface area contributed by atoms with Crippen molar-refractivity contribution in [1.82, 2.24) is 29.7 Å². The van der Waals surface area contributed by atoms with Crippen LogP contribution in [0.5, 0.6) is 5.88 Å².